The van der Waals surface area contributed by atoms with Gasteiger partial charge in [-0.15, -0.1) is 0 Å². The second-order valence-corrected chi connectivity index (χ2v) is 6.48. The van der Waals surface area contributed by atoms with E-state index in [2.05, 4.69) is 11.2 Å². The van der Waals surface area contributed by atoms with Crippen molar-refractivity contribution in [3.8, 4) is 11.1 Å². The predicted molar refractivity (Wildman–Crippen MR) is 91.1 cm³/mol. The van der Waals surface area contributed by atoms with Crippen LogP contribution in [0.25, 0.3) is 22.0 Å². The first-order valence-electron chi connectivity index (χ1n) is 7.65. The molecule has 1 aliphatic carbocycles. The number of rotatable bonds is 3. The molecule has 5 heteroatoms. The minimum absolute atomic E-state index is 0.215. The molecule has 0 radical (unpaired) electrons. The molecule has 1 saturated carbocycles. The molecular formula is C18H16ClN3O. The van der Waals surface area contributed by atoms with Gasteiger partial charge < -0.3 is 5.73 Å². The lowest BCUT2D eigenvalue weighted by Crippen LogP contribution is -2.46. The molecule has 1 aromatic heterocycles. The molecule has 0 aliphatic heterocycles. The summed E-state index contributed by atoms with van der Waals surface area (Å²) in [5, 5.41) is 5.04. The molecular weight excluding hydrogens is 310 g/mol. The van der Waals surface area contributed by atoms with Crippen LogP contribution in [0.4, 0.5) is 0 Å². The Hall–Kier alpha value is -2.33. The van der Waals surface area contributed by atoms with Crippen LogP contribution in [0.1, 0.15) is 24.8 Å². The van der Waals surface area contributed by atoms with Gasteiger partial charge in [-0.25, -0.2) is 0 Å². The summed E-state index contributed by atoms with van der Waals surface area (Å²) in [4.78, 5) is 11.8. The molecule has 0 bridgehead atoms. The van der Waals surface area contributed by atoms with Crippen LogP contribution < -0.4 is 5.73 Å². The van der Waals surface area contributed by atoms with Gasteiger partial charge >= 0.3 is 0 Å². The van der Waals surface area contributed by atoms with E-state index >= 15 is 0 Å². The number of hydrogen-bond acceptors (Lipinski definition) is 2. The van der Waals surface area contributed by atoms with Crippen molar-refractivity contribution in [2.24, 2.45) is 5.73 Å². The van der Waals surface area contributed by atoms with Gasteiger partial charge in [0.25, 0.3) is 0 Å². The summed E-state index contributed by atoms with van der Waals surface area (Å²) < 4.78 is 1.34. The Balaban J connectivity index is 1.70. The van der Waals surface area contributed by atoms with Crippen molar-refractivity contribution in [2.45, 2.75) is 24.7 Å². The Labute approximate surface area is 139 Å². The third kappa shape index (κ3) is 2.13. The van der Waals surface area contributed by atoms with E-state index in [1.54, 1.807) is 6.20 Å². The maximum absolute atomic E-state index is 11.8. The SMILES string of the molecule is NC(=O)C1(c2ccc(-c3ccc4c(cnn4Cl)c3)cc2)CCC1. The molecule has 1 aliphatic rings. The Kier molecular flexibility index (Phi) is 3.16. The molecule has 0 unspecified atom stereocenters. The fraction of sp³-hybridized carbons (Fsp3) is 0.222. The van der Waals surface area contributed by atoms with Crippen molar-refractivity contribution in [3.63, 3.8) is 0 Å². The van der Waals surface area contributed by atoms with Crippen molar-refractivity contribution in [1.82, 2.24) is 9.30 Å². The normalized spacial score (nSPS) is 16.2. The minimum Gasteiger partial charge on any atom is -0.369 e. The van der Waals surface area contributed by atoms with Crippen molar-refractivity contribution in [3.05, 3.63) is 54.2 Å². The molecule has 4 nitrogen and oxygen atoms in total. The first-order chi connectivity index (χ1) is 11.1. The number of hydrogen-bond donors (Lipinski definition) is 1. The number of carbonyl (C=O) groups is 1. The molecule has 4 rings (SSSR count). The molecule has 1 heterocycles. The summed E-state index contributed by atoms with van der Waals surface area (Å²) >= 11 is 5.96. The second-order valence-electron chi connectivity index (χ2n) is 6.16. The fourth-order valence-electron chi connectivity index (χ4n) is 3.37. The summed E-state index contributed by atoms with van der Waals surface area (Å²) in [7, 11) is 0. The zero-order valence-corrected chi connectivity index (χ0v) is 13.3. The van der Waals surface area contributed by atoms with Crippen molar-refractivity contribution >= 4 is 28.6 Å². The highest BCUT2D eigenvalue weighted by Crippen LogP contribution is 2.43. The van der Waals surface area contributed by atoms with E-state index < -0.39 is 5.41 Å². The number of carbonyl (C=O) groups excluding carboxylic acids is 1. The predicted octanol–water partition coefficient (Wildman–Crippen LogP) is 3.61. The van der Waals surface area contributed by atoms with Crippen LogP contribution in [0, 0.1) is 0 Å². The number of nitrogens with two attached hydrogens (primary N) is 1. The van der Waals surface area contributed by atoms with Gasteiger partial charge in [-0.05, 0) is 41.7 Å². The molecule has 2 N–H and O–H groups in total. The molecule has 3 aromatic rings. The van der Waals surface area contributed by atoms with E-state index in [9.17, 15) is 4.79 Å². The van der Waals surface area contributed by atoms with Crippen LogP contribution in [0.3, 0.4) is 0 Å². The van der Waals surface area contributed by atoms with Gasteiger partial charge in [0.1, 0.15) is 0 Å². The zero-order chi connectivity index (χ0) is 16.0. The van der Waals surface area contributed by atoms with Crippen LogP contribution in [0.15, 0.2) is 48.7 Å². The quantitative estimate of drug-likeness (QED) is 0.799. The summed E-state index contributed by atoms with van der Waals surface area (Å²) in [6, 6.07) is 14.2. The highest BCUT2D eigenvalue weighted by Gasteiger charge is 2.44. The third-order valence-electron chi connectivity index (χ3n) is 4.97. The van der Waals surface area contributed by atoms with Crippen LogP contribution in [0.5, 0.6) is 0 Å². The van der Waals surface area contributed by atoms with E-state index in [0.717, 1.165) is 46.9 Å². The van der Waals surface area contributed by atoms with Crippen molar-refractivity contribution < 1.29 is 4.79 Å². The monoisotopic (exact) mass is 325 g/mol. The maximum atomic E-state index is 11.8. The molecule has 1 fully saturated rings. The number of halogens is 1. The summed E-state index contributed by atoms with van der Waals surface area (Å²) in [6.45, 7) is 0. The molecule has 23 heavy (non-hydrogen) atoms. The van der Waals surface area contributed by atoms with E-state index in [-0.39, 0.29) is 5.91 Å². The van der Waals surface area contributed by atoms with Crippen molar-refractivity contribution in [1.29, 1.82) is 0 Å². The van der Waals surface area contributed by atoms with Gasteiger partial charge in [-0.3, -0.25) is 4.79 Å². The molecule has 0 atom stereocenters. The topological polar surface area (TPSA) is 60.9 Å². The van der Waals surface area contributed by atoms with Crippen LogP contribution in [-0.2, 0) is 10.2 Å². The summed E-state index contributed by atoms with van der Waals surface area (Å²) in [5.74, 6) is -0.215. The van der Waals surface area contributed by atoms with E-state index in [0.29, 0.717) is 0 Å². The molecule has 1 amide bonds. The van der Waals surface area contributed by atoms with E-state index in [4.69, 9.17) is 17.5 Å². The van der Waals surface area contributed by atoms with E-state index in [1.807, 2.05) is 36.4 Å². The van der Waals surface area contributed by atoms with E-state index in [1.165, 1.54) is 4.20 Å². The Morgan fingerprint density at radius 1 is 1.13 bits per heavy atom. The maximum Gasteiger partial charge on any atom is 0.228 e. The van der Waals surface area contributed by atoms with Gasteiger partial charge in [0.05, 0.1) is 17.1 Å². The lowest BCUT2D eigenvalue weighted by atomic mass is 9.64. The highest BCUT2D eigenvalue weighted by atomic mass is 35.5. The van der Waals surface area contributed by atoms with Gasteiger partial charge in [-0.2, -0.15) is 9.30 Å². The van der Waals surface area contributed by atoms with Crippen molar-refractivity contribution in [2.75, 3.05) is 0 Å². The summed E-state index contributed by atoms with van der Waals surface area (Å²) in [6.07, 6.45) is 4.51. The Bertz CT molecular complexity index is 894. The van der Waals surface area contributed by atoms with Gasteiger partial charge in [0, 0.05) is 17.2 Å². The average Bonchev–Trinajstić information content (AvgIpc) is 2.87. The molecule has 2 aromatic carbocycles. The molecule has 0 saturated heterocycles. The smallest absolute Gasteiger partial charge is 0.228 e. The van der Waals surface area contributed by atoms with Gasteiger partial charge in [0.15, 0.2) is 0 Å². The van der Waals surface area contributed by atoms with Crippen LogP contribution >= 0.6 is 11.8 Å². The number of benzene rings is 2. The first kappa shape index (κ1) is 14.3. The number of primary amides is 1. The third-order valence-corrected chi connectivity index (χ3v) is 5.24. The molecule has 116 valence electrons. The summed E-state index contributed by atoms with van der Waals surface area (Å²) in [5.41, 5.74) is 9.26. The Morgan fingerprint density at radius 2 is 1.83 bits per heavy atom. The lowest BCUT2D eigenvalue weighted by Gasteiger charge is -2.39. The highest BCUT2D eigenvalue weighted by molar-refractivity contribution is 6.18. The Morgan fingerprint density at radius 3 is 2.43 bits per heavy atom. The molecule has 0 spiro atoms. The van der Waals surface area contributed by atoms with Gasteiger partial charge in [-0.1, -0.05) is 36.8 Å². The number of fused-ring (bicyclic) bond motifs is 1. The number of amides is 1. The first-order valence-corrected chi connectivity index (χ1v) is 7.99. The standard InChI is InChI=1S/C18H16ClN3O/c19-22-16-7-4-13(10-14(16)11-21-22)12-2-5-15(6-3-12)18(17(20)23)8-1-9-18/h2-7,10-11H,1,8-9H2,(H2,20,23). The number of nitrogens with zero attached hydrogens (tertiary/aromatic N) is 2. The minimum atomic E-state index is -0.456. The largest absolute Gasteiger partial charge is 0.369 e. The van der Waals surface area contributed by atoms with Gasteiger partial charge in [0.2, 0.25) is 5.91 Å². The van der Waals surface area contributed by atoms with Crippen LogP contribution in [-0.4, -0.2) is 15.2 Å². The second kappa shape index (κ2) is 5.10. The number of aromatic nitrogens is 2. The van der Waals surface area contributed by atoms with Crippen LogP contribution in [0.2, 0.25) is 0 Å². The fourth-order valence-corrected chi connectivity index (χ4v) is 3.57. The average molecular weight is 326 g/mol. The zero-order valence-electron chi connectivity index (χ0n) is 12.5. The lowest BCUT2D eigenvalue weighted by molar-refractivity contribution is -0.126.